The van der Waals surface area contributed by atoms with Crippen molar-refractivity contribution in [3.05, 3.63) is 42.0 Å². The van der Waals surface area contributed by atoms with Crippen molar-refractivity contribution in [1.29, 1.82) is 0 Å². The van der Waals surface area contributed by atoms with Gasteiger partial charge in [-0.05, 0) is 50.1 Å². The molecular formula is C25H32N3O5S-. The van der Waals surface area contributed by atoms with E-state index in [1.807, 2.05) is 24.3 Å². The summed E-state index contributed by atoms with van der Waals surface area (Å²) >= 11 is -2.51. The Balaban J connectivity index is 1.59. The highest BCUT2D eigenvalue weighted by atomic mass is 32.2. The largest absolute Gasteiger partial charge is 0.755 e. The maximum atomic E-state index is 13.1. The van der Waals surface area contributed by atoms with Crippen molar-refractivity contribution in [3.63, 3.8) is 0 Å². The third-order valence-electron chi connectivity index (χ3n) is 6.81. The summed E-state index contributed by atoms with van der Waals surface area (Å²) in [5.41, 5.74) is 1.10. The molecule has 34 heavy (non-hydrogen) atoms. The lowest BCUT2D eigenvalue weighted by Crippen LogP contribution is -2.47. The Morgan fingerprint density at radius 3 is 2.38 bits per heavy atom. The highest BCUT2D eigenvalue weighted by Gasteiger charge is 2.30. The van der Waals surface area contributed by atoms with E-state index in [0.717, 1.165) is 36.5 Å². The van der Waals surface area contributed by atoms with Gasteiger partial charge in [-0.3, -0.25) is 13.3 Å². The molecule has 1 heterocycles. The second-order valence-corrected chi connectivity index (χ2v) is 9.77. The minimum Gasteiger partial charge on any atom is -0.755 e. The summed E-state index contributed by atoms with van der Waals surface area (Å²) in [7, 11) is 0. The summed E-state index contributed by atoms with van der Waals surface area (Å²) in [6.07, 6.45) is 6.11. The molecule has 1 aliphatic carbocycles. The topological polar surface area (TPSA) is 102 Å². The van der Waals surface area contributed by atoms with Crippen molar-refractivity contribution in [3.8, 4) is 0 Å². The molecule has 2 fully saturated rings. The molecular weight excluding hydrogens is 454 g/mol. The summed E-state index contributed by atoms with van der Waals surface area (Å²) in [6, 6.07) is 10.8. The monoisotopic (exact) mass is 486 g/mol. The van der Waals surface area contributed by atoms with Crippen LogP contribution in [0.5, 0.6) is 0 Å². The SMILES string of the molecule is CCOC(=O)N1CCC(N(c2ccc(C(=O)NC3CCCCC3)c3ccccc23)S(=O)[O-])CC1. The maximum absolute atomic E-state index is 13.1. The predicted molar refractivity (Wildman–Crippen MR) is 131 cm³/mol. The average molecular weight is 487 g/mol. The Morgan fingerprint density at radius 2 is 1.74 bits per heavy atom. The number of fused-ring (bicyclic) bond motifs is 1. The Hall–Kier alpha value is -2.65. The van der Waals surface area contributed by atoms with Crippen LogP contribution in [0.3, 0.4) is 0 Å². The van der Waals surface area contributed by atoms with Crippen LogP contribution >= 0.6 is 0 Å². The summed E-state index contributed by atoms with van der Waals surface area (Å²) in [5, 5.41) is 4.61. The van der Waals surface area contributed by atoms with Crippen molar-refractivity contribution in [2.75, 3.05) is 24.0 Å². The molecule has 0 bridgehead atoms. The van der Waals surface area contributed by atoms with Gasteiger partial charge in [0.1, 0.15) is 0 Å². The van der Waals surface area contributed by atoms with Gasteiger partial charge in [0.2, 0.25) is 0 Å². The number of anilines is 1. The van der Waals surface area contributed by atoms with Crippen molar-refractivity contribution >= 4 is 39.7 Å². The Labute approximate surface area is 203 Å². The minimum atomic E-state index is -2.51. The van der Waals surface area contributed by atoms with Crippen LogP contribution < -0.4 is 9.62 Å². The normalized spacial score (nSPS) is 18.5. The first-order chi connectivity index (χ1) is 16.5. The van der Waals surface area contributed by atoms with Crippen molar-refractivity contribution in [2.24, 2.45) is 0 Å². The van der Waals surface area contributed by atoms with Crippen LogP contribution in [0.4, 0.5) is 10.5 Å². The lowest BCUT2D eigenvalue weighted by molar-refractivity contribution is 0.0928. The van der Waals surface area contributed by atoms with Gasteiger partial charge in [-0.15, -0.1) is 0 Å². The zero-order chi connectivity index (χ0) is 24.1. The van der Waals surface area contributed by atoms with Crippen LogP contribution in [-0.2, 0) is 16.0 Å². The van der Waals surface area contributed by atoms with E-state index in [2.05, 4.69) is 5.32 Å². The number of rotatable bonds is 6. The number of hydrogen-bond acceptors (Lipinski definition) is 5. The van der Waals surface area contributed by atoms with E-state index >= 15 is 0 Å². The molecule has 0 radical (unpaired) electrons. The van der Waals surface area contributed by atoms with Crippen LogP contribution in [0.15, 0.2) is 36.4 Å². The lowest BCUT2D eigenvalue weighted by Gasteiger charge is -2.40. The Morgan fingerprint density at radius 1 is 1.06 bits per heavy atom. The quantitative estimate of drug-likeness (QED) is 0.619. The molecule has 2 aliphatic rings. The highest BCUT2D eigenvalue weighted by Crippen LogP contribution is 2.34. The molecule has 1 saturated carbocycles. The number of nitrogens with one attached hydrogen (secondary N) is 1. The van der Waals surface area contributed by atoms with Crippen LogP contribution in [0.1, 0.15) is 62.2 Å². The van der Waals surface area contributed by atoms with E-state index in [0.29, 0.717) is 43.8 Å². The van der Waals surface area contributed by atoms with Crippen LogP contribution in [-0.4, -0.2) is 57.4 Å². The number of nitrogens with zero attached hydrogens (tertiary/aromatic N) is 2. The van der Waals surface area contributed by atoms with Gasteiger partial charge in [0.25, 0.3) is 5.91 Å². The number of likely N-dealkylation sites (tertiary alicyclic amines) is 1. The fraction of sp³-hybridized carbons (Fsp3) is 0.520. The van der Waals surface area contributed by atoms with Gasteiger partial charge in [-0.25, -0.2) is 4.79 Å². The second-order valence-electron chi connectivity index (χ2n) is 8.95. The number of carbonyl (C=O) groups excluding carboxylic acids is 2. The molecule has 2 amide bonds. The van der Waals surface area contributed by atoms with E-state index in [4.69, 9.17) is 4.74 Å². The molecule has 1 unspecified atom stereocenters. The van der Waals surface area contributed by atoms with Crippen molar-refractivity contribution in [2.45, 2.75) is 64.0 Å². The molecule has 2 aromatic carbocycles. The second kappa shape index (κ2) is 11.2. The van der Waals surface area contributed by atoms with Gasteiger partial charge in [-0.2, -0.15) is 0 Å². The first-order valence-corrected chi connectivity index (χ1v) is 13.2. The van der Waals surface area contributed by atoms with E-state index in [9.17, 15) is 18.4 Å². The van der Waals surface area contributed by atoms with E-state index in [1.54, 1.807) is 24.0 Å². The number of benzene rings is 2. The highest BCUT2D eigenvalue weighted by molar-refractivity contribution is 7.80. The number of piperidine rings is 1. The number of carbonyl (C=O) groups is 2. The molecule has 1 N–H and O–H groups in total. The van der Waals surface area contributed by atoms with Gasteiger partial charge in [0.15, 0.2) is 0 Å². The Bertz CT molecular complexity index is 1050. The molecule has 1 atom stereocenters. The van der Waals surface area contributed by atoms with Gasteiger partial charge in [0.05, 0.1) is 12.3 Å². The van der Waals surface area contributed by atoms with Gasteiger partial charge in [0, 0.05) is 47.4 Å². The summed E-state index contributed by atoms with van der Waals surface area (Å²) in [5.74, 6) is -0.118. The Kier molecular flexibility index (Phi) is 8.05. The number of hydrogen-bond donors (Lipinski definition) is 1. The van der Waals surface area contributed by atoms with Crippen LogP contribution in [0, 0.1) is 0 Å². The molecule has 2 aromatic rings. The lowest BCUT2D eigenvalue weighted by atomic mass is 9.94. The molecule has 184 valence electrons. The predicted octanol–water partition coefficient (Wildman–Crippen LogP) is 4.12. The molecule has 1 aliphatic heterocycles. The number of ether oxygens (including phenoxy) is 1. The third-order valence-corrected chi connectivity index (χ3v) is 7.62. The van der Waals surface area contributed by atoms with E-state index < -0.39 is 11.3 Å². The maximum Gasteiger partial charge on any atom is 0.409 e. The van der Waals surface area contributed by atoms with Crippen molar-refractivity contribution in [1.82, 2.24) is 10.2 Å². The molecule has 9 heteroatoms. The first-order valence-electron chi connectivity index (χ1n) is 12.1. The zero-order valence-corrected chi connectivity index (χ0v) is 20.4. The van der Waals surface area contributed by atoms with Gasteiger partial charge >= 0.3 is 6.09 Å². The first kappa shape index (κ1) is 24.5. The molecule has 1 saturated heterocycles. The molecule has 4 rings (SSSR count). The zero-order valence-electron chi connectivity index (χ0n) is 19.5. The molecule has 0 aromatic heterocycles. The van der Waals surface area contributed by atoms with Crippen LogP contribution in [0.2, 0.25) is 0 Å². The van der Waals surface area contributed by atoms with Gasteiger partial charge < -0.3 is 19.5 Å². The molecule has 0 spiro atoms. The fourth-order valence-electron chi connectivity index (χ4n) is 5.08. The van der Waals surface area contributed by atoms with Crippen molar-refractivity contribution < 1.29 is 23.1 Å². The summed E-state index contributed by atoms with van der Waals surface area (Å²) in [4.78, 5) is 26.7. The average Bonchev–Trinajstić information content (AvgIpc) is 2.85. The fourth-order valence-corrected chi connectivity index (χ4v) is 5.85. The minimum absolute atomic E-state index is 0.118. The van der Waals surface area contributed by atoms with E-state index in [-0.39, 0.29) is 24.1 Å². The van der Waals surface area contributed by atoms with Crippen LogP contribution in [0.25, 0.3) is 10.8 Å². The van der Waals surface area contributed by atoms with E-state index in [1.165, 1.54) is 10.7 Å². The summed E-state index contributed by atoms with van der Waals surface area (Å²) in [6.45, 7) is 2.92. The molecule has 8 nitrogen and oxygen atoms in total. The summed E-state index contributed by atoms with van der Waals surface area (Å²) < 4.78 is 31.2. The standard InChI is InChI=1S/C25H33N3O5S/c1-2-33-25(30)27-16-14-19(15-17-27)28(34(31)32)23-13-12-22(20-10-6-7-11-21(20)23)24(29)26-18-8-4-3-5-9-18/h6-7,10-13,18-19H,2-5,8-9,14-17H2,1H3,(H,26,29)(H,31,32)/p-1. The van der Waals surface area contributed by atoms with Gasteiger partial charge in [-0.1, -0.05) is 43.5 Å². The third kappa shape index (κ3) is 5.36. The number of amides is 2. The smallest absolute Gasteiger partial charge is 0.409 e.